The number of hydrogen-bond donors (Lipinski definition) is 3. The first kappa shape index (κ1) is 14.7. The molecular weight excluding hydrogens is 244 g/mol. The molecule has 0 saturated heterocycles. The summed E-state index contributed by atoms with van der Waals surface area (Å²) in [6.45, 7) is 5.25. The molecule has 19 heavy (non-hydrogen) atoms. The van der Waals surface area contributed by atoms with Crippen molar-refractivity contribution in [1.82, 2.24) is 0 Å². The Balaban J connectivity index is 2.30. The zero-order valence-electron chi connectivity index (χ0n) is 11.9. The summed E-state index contributed by atoms with van der Waals surface area (Å²) >= 11 is 0. The minimum atomic E-state index is -1.09. The van der Waals surface area contributed by atoms with Gasteiger partial charge in [0.15, 0.2) is 5.78 Å². The SMILES string of the molecule is CC1=CC(=O)[C@@H](O)[C@H](C)[C@@]12CC[C@@H]([C@@](C)(O)CO)C2. The number of hydrogen-bond acceptors (Lipinski definition) is 4. The molecule has 0 heterocycles. The summed E-state index contributed by atoms with van der Waals surface area (Å²) in [5.41, 5.74) is -0.292. The van der Waals surface area contributed by atoms with Gasteiger partial charge < -0.3 is 15.3 Å². The van der Waals surface area contributed by atoms with Crippen LogP contribution in [0.1, 0.15) is 40.0 Å². The molecule has 0 aromatic rings. The molecule has 2 rings (SSSR count). The quantitative estimate of drug-likeness (QED) is 0.699. The van der Waals surface area contributed by atoms with Crippen LogP contribution in [0.15, 0.2) is 11.6 Å². The highest BCUT2D eigenvalue weighted by Gasteiger charge is 2.53. The topological polar surface area (TPSA) is 77.8 Å². The van der Waals surface area contributed by atoms with Crippen LogP contribution in [-0.4, -0.2) is 39.4 Å². The van der Waals surface area contributed by atoms with E-state index in [-0.39, 0.29) is 29.6 Å². The van der Waals surface area contributed by atoms with Gasteiger partial charge in [0, 0.05) is 0 Å². The maximum absolute atomic E-state index is 11.7. The van der Waals surface area contributed by atoms with Gasteiger partial charge in [0.1, 0.15) is 6.10 Å². The Kier molecular flexibility index (Phi) is 3.62. The summed E-state index contributed by atoms with van der Waals surface area (Å²) < 4.78 is 0. The summed E-state index contributed by atoms with van der Waals surface area (Å²) in [5, 5.41) is 29.6. The van der Waals surface area contributed by atoms with Crippen LogP contribution in [0.4, 0.5) is 0 Å². The first-order valence-electron chi connectivity index (χ1n) is 6.98. The van der Waals surface area contributed by atoms with E-state index >= 15 is 0 Å². The van der Waals surface area contributed by atoms with Crippen LogP contribution >= 0.6 is 0 Å². The van der Waals surface area contributed by atoms with Gasteiger partial charge >= 0.3 is 0 Å². The summed E-state index contributed by atoms with van der Waals surface area (Å²) in [6, 6.07) is 0. The van der Waals surface area contributed by atoms with Crippen molar-refractivity contribution in [3.05, 3.63) is 11.6 Å². The number of ketones is 1. The minimum absolute atomic E-state index is 0.00343. The number of aliphatic hydroxyl groups is 3. The first-order chi connectivity index (χ1) is 8.74. The normalized spacial score (nSPS) is 42.3. The van der Waals surface area contributed by atoms with Crippen LogP contribution in [-0.2, 0) is 4.79 Å². The fourth-order valence-corrected chi connectivity index (χ4v) is 3.86. The van der Waals surface area contributed by atoms with Crippen molar-refractivity contribution >= 4 is 5.78 Å². The van der Waals surface area contributed by atoms with Crippen molar-refractivity contribution in [3.8, 4) is 0 Å². The third-order valence-electron chi connectivity index (χ3n) is 5.53. The Morgan fingerprint density at radius 3 is 2.74 bits per heavy atom. The molecule has 0 aliphatic heterocycles. The van der Waals surface area contributed by atoms with Crippen molar-refractivity contribution in [1.29, 1.82) is 0 Å². The van der Waals surface area contributed by atoms with Gasteiger partial charge in [0.25, 0.3) is 0 Å². The average molecular weight is 268 g/mol. The van der Waals surface area contributed by atoms with Gasteiger partial charge in [-0.15, -0.1) is 0 Å². The van der Waals surface area contributed by atoms with E-state index in [9.17, 15) is 20.1 Å². The van der Waals surface area contributed by atoms with E-state index in [0.717, 1.165) is 18.4 Å². The van der Waals surface area contributed by atoms with Crippen molar-refractivity contribution in [2.45, 2.75) is 51.7 Å². The number of rotatable bonds is 2. The predicted octanol–water partition coefficient (Wildman–Crippen LogP) is 1.04. The Bertz CT molecular complexity index is 412. The predicted molar refractivity (Wildman–Crippen MR) is 71.4 cm³/mol. The highest BCUT2D eigenvalue weighted by Crippen LogP contribution is 2.56. The minimum Gasteiger partial charge on any atom is -0.393 e. The molecule has 4 nitrogen and oxygen atoms in total. The summed E-state index contributed by atoms with van der Waals surface area (Å²) in [6.07, 6.45) is 2.99. The molecule has 2 aliphatic carbocycles. The molecule has 1 spiro atoms. The van der Waals surface area contributed by atoms with Gasteiger partial charge in [0.05, 0.1) is 12.2 Å². The first-order valence-corrected chi connectivity index (χ1v) is 6.98. The summed E-state index contributed by atoms with van der Waals surface area (Å²) in [7, 11) is 0. The summed E-state index contributed by atoms with van der Waals surface area (Å²) in [5.74, 6) is -0.346. The van der Waals surface area contributed by atoms with Crippen molar-refractivity contribution in [2.75, 3.05) is 6.61 Å². The Hall–Kier alpha value is -0.710. The van der Waals surface area contributed by atoms with E-state index < -0.39 is 11.7 Å². The summed E-state index contributed by atoms with van der Waals surface area (Å²) in [4.78, 5) is 11.7. The van der Waals surface area contributed by atoms with Gasteiger partial charge in [0.2, 0.25) is 0 Å². The highest BCUT2D eigenvalue weighted by molar-refractivity contribution is 5.95. The molecule has 0 unspecified atom stereocenters. The molecular formula is C15H24O4. The van der Waals surface area contributed by atoms with Crippen molar-refractivity contribution < 1.29 is 20.1 Å². The van der Waals surface area contributed by atoms with Gasteiger partial charge in [-0.1, -0.05) is 12.5 Å². The van der Waals surface area contributed by atoms with Crippen LogP contribution in [0.25, 0.3) is 0 Å². The smallest absolute Gasteiger partial charge is 0.184 e. The van der Waals surface area contributed by atoms with Crippen LogP contribution in [0, 0.1) is 17.3 Å². The fourth-order valence-electron chi connectivity index (χ4n) is 3.86. The number of aliphatic hydroxyl groups excluding tert-OH is 2. The molecule has 0 aromatic carbocycles. The van der Waals surface area contributed by atoms with Gasteiger partial charge in [-0.25, -0.2) is 0 Å². The Labute approximate surface area is 114 Å². The zero-order valence-corrected chi connectivity index (χ0v) is 11.9. The lowest BCUT2D eigenvalue weighted by atomic mass is 9.63. The van der Waals surface area contributed by atoms with Gasteiger partial charge in [-0.3, -0.25) is 4.79 Å². The lowest BCUT2D eigenvalue weighted by Gasteiger charge is -2.43. The Morgan fingerprint density at radius 1 is 1.53 bits per heavy atom. The van der Waals surface area contributed by atoms with E-state index in [1.165, 1.54) is 0 Å². The number of allylic oxidation sites excluding steroid dienone is 1. The van der Waals surface area contributed by atoms with Crippen LogP contribution < -0.4 is 0 Å². The third-order valence-corrected chi connectivity index (χ3v) is 5.53. The second kappa shape index (κ2) is 4.69. The lowest BCUT2D eigenvalue weighted by Crippen LogP contribution is -2.45. The molecule has 3 N–H and O–H groups in total. The maximum atomic E-state index is 11.7. The fraction of sp³-hybridized carbons (Fsp3) is 0.800. The van der Waals surface area contributed by atoms with Crippen LogP contribution in [0.2, 0.25) is 0 Å². The van der Waals surface area contributed by atoms with E-state index in [0.29, 0.717) is 6.42 Å². The van der Waals surface area contributed by atoms with Crippen LogP contribution in [0.5, 0.6) is 0 Å². The van der Waals surface area contributed by atoms with Gasteiger partial charge in [-0.05, 0) is 56.4 Å². The molecule has 0 radical (unpaired) electrons. The second-order valence-corrected chi connectivity index (χ2v) is 6.57. The largest absolute Gasteiger partial charge is 0.393 e. The monoisotopic (exact) mass is 268 g/mol. The number of carbonyl (C=O) groups is 1. The second-order valence-electron chi connectivity index (χ2n) is 6.57. The average Bonchev–Trinajstić information content (AvgIpc) is 2.82. The maximum Gasteiger partial charge on any atom is 0.184 e. The van der Waals surface area contributed by atoms with E-state index in [1.807, 2.05) is 13.8 Å². The van der Waals surface area contributed by atoms with Crippen molar-refractivity contribution in [3.63, 3.8) is 0 Å². The molecule has 0 bridgehead atoms. The van der Waals surface area contributed by atoms with Crippen molar-refractivity contribution in [2.24, 2.45) is 17.3 Å². The third kappa shape index (κ3) is 2.16. The number of carbonyl (C=O) groups excluding carboxylic acids is 1. The molecule has 0 aromatic heterocycles. The van der Waals surface area contributed by atoms with Gasteiger partial charge in [-0.2, -0.15) is 0 Å². The lowest BCUT2D eigenvalue weighted by molar-refractivity contribution is -0.128. The van der Waals surface area contributed by atoms with E-state index in [4.69, 9.17) is 0 Å². The molecule has 4 heteroatoms. The highest BCUT2D eigenvalue weighted by atomic mass is 16.3. The van der Waals surface area contributed by atoms with E-state index in [2.05, 4.69) is 0 Å². The standard InChI is InChI=1S/C15H24O4/c1-9-6-12(17)13(18)10(2)15(9)5-4-11(7-15)14(3,19)8-16/h6,10-11,13,16,18-19H,4-5,7-8H2,1-3H3/t10-,11+,13-,14-,15+/m0/s1. The van der Waals surface area contributed by atoms with E-state index in [1.54, 1.807) is 13.0 Å². The van der Waals surface area contributed by atoms with Crippen LogP contribution in [0.3, 0.4) is 0 Å². The Morgan fingerprint density at radius 2 is 2.16 bits per heavy atom. The zero-order chi connectivity index (χ0) is 14.4. The molecule has 5 atom stereocenters. The molecule has 1 fully saturated rings. The molecule has 2 aliphatic rings. The molecule has 0 amide bonds. The molecule has 108 valence electrons. The molecule has 1 saturated carbocycles.